The molecule has 1 N–H and O–H groups in total. The largest absolute Gasteiger partial charge is 0.392 e. The normalized spacial score (nSPS) is 59.4. The van der Waals surface area contributed by atoms with E-state index in [1.807, 2.05) is 0 Å². The highest BCUT2D eigenvalue weighted by Crippen LogP contribution is 2.78. The highest BCUT2D eigenvalue weighted by Gasteiger charge is 2.72. The van der Waals surface area contributed by atoms with Gasteiger partial charge in [-0.15, -0.1) is 0 Å². The van der Waals surface area contributed by atoms with E-state index in [0.717, 1.165) is 19.3 Å². The lowest BCUT2D eigenvalue weighted by Crippen LogP contribution is -2.70. The van der Waals surface area contributed by atoms with Gasteiger partial charge in [-0.2, -0.15) is 0 Å². The van der Waals surface area contributed by atoms with Gasteiger partial charge in [0.25, 0.3) is 0 Å². The molecule has 10 atom stereocenters. The molecule has 0 bridgehead atoms. The lowest BCUT2D eigenvalue weighted by atomic mass is 9.30. The molecule has 0 amide bonds. The summed E-state index contributed by atoms with van der Waals surface area (Å²) in [4.78, 5) is 12.7. The van der Waals surface area contributed by atoms with Crippen molar-refractivity contribution in [2.24, 2.45) is 56.2 Å². The first-order chi connectivity index (χ1) is 14.7. The number of carbonyl (C=O) groups excluding carboxylic acids is 1. The lowest BCUT2D eigenvalue weighted by molar-refractivity contribution is -0.278. The molecule has 182 valence electrons. The van der Waals surface area contributed by atoms with Crippen molar-refractivity contribution in [1.29, 1.82) is 0 Å². The van der Waals surface area contributed by atoms with Gasteiger partial charge in [0.1, 0.15) is 5.78 Å². The molecule has 0 aromatic rings. The SMILES string of the molecule is C[C@H]1C(=O)CC[C@@H]2[C@]1(C)CC[C@H]1[C@@]2(C)CC[C@@]2(C)[C@@H]3[C@H](O)C(C)(C)CC[C@]3(C)CC[C@]12C. The van der Waals surface area contributed by atoms with E-state index in [-0.39, 0.29) is 39.1 Å². The van der Waals surface area contributed by atoms with Crippen molar-refractivity contribution in [2.75, 3.05) is 0 Å². The Morgan fingerprint density at radius 2 is 1.34 bits per heavy atom. The van der Waals surface area contributed by atoms with Gasteiger partial charge in [-0.05, 0) is 108 Å². The molecule has 0 heterocycles. The summed E-state index contributed by atoms with van der Waals surface area (Å²) in [5.74, 6) is 2.52. The number of carbonyl (C=O) groups is 1. The molecule has 0 aliphatic heterocycles. The molecule has 0 radical (unpaired) electrons. The molecular formula is C30H50O2. The Balaban J connectivity index is 1.57. The number of hydrogen-bond acceptors (Lipinski definition) is 2. The zero-order chi connectivity index (χ0) is 23.5. The molecular weight excluding hydrogens is 392 g/mol. The standard InChI is InChI=1S/C30H50O2/c1-19-20(31)9-10-21-27(19,5)12-11-22-28(21,6)16-18-30(8)23-24(32)25(2,3)13-14-26(23,4)15-17-29(22,30)7/h19,21-24,32H,9-18H2,1-8H3/t19-,21+,22-,23+,24-,26+,27+,28-,29+,30-/m0/s1. The van der Waals surface area contributed by atoms with Crippen LogP contribution in [0.2, 0.25) is 0 Å². The number of Topliss-reactive ketones (excluding diaryl/α,β-unsaturated/α-hetero) is 1. The van der Waals surface area contributed by atoms with Crippen LogP contribution in [-0.2, 0) is 4.79 Å². The number of rotatable bonds is 0. The Kier molecular flexibility index (Phi) is 4.85. The molecule has 0 spiro atoms. The zero-order valence-electron chi connectivity index (χ0n) is 22.3. The zero-order valence-corrected chi connectivity index (χ0v) is 22.3. The van der Waals surface area contributed by atoms with E-state index in [1.165, 1.54) is 44.9 Å². The number of aliphatic hydroxyl groups is 1. The molecule has 5 aliphatic carbocycles. The Labute approximate surface area is 197 Å². The fourth-order valence-electron chi connectivity index (χ4n) is 11.3. The van der Waals surface area contributed by atoms with E-state index in [1.54, 1.807) is 0 Å². The predicted octanol–water partition coefficient (Wildman–Crippen LogP) is 7.43. The van der Waals surface area contributed by atoms with Gasteiger partial charge in [-0.1, -0.05) is 55.4 Å². The number of aliphatic hydroxyl groups excluding tert-OH is 1. The van der Waals surface area contributed by atoms with E-state index >= 15 is 0 Å². The average Bonchev–Trinajstić information content (AvgIpc) is 2.71. The fourth-order valence-corrected chi connectivity index (χ4v) is 11.3. The highest BCUT2D eigenvalue weighted by atomic mass is 16.3. The molecule has 32 heavy (non-hydrogen) atoms. The maximum atomic E-state index is 12.7. The van der Waals surface area contributed by atoms with E-state index in [2.05, 4.69) is 55.4 Å². The third kappa shape index (κ3) is 2.60. The van der Waals surface area contributed by atoms with Gasteiger partial charge in [0, 0.05) is 12.3 Å². The second-order valence-electron chi connectivity index (χ2n) is 15.3. The smallest absolute Gasteiger partial charge is 0.136 e. The number of hydrogen-bond donors (Lipinski definition) is 1. The van der Waals surface area contributed by atoms with Crippen LogP contribution in [0.4, 0.5) is 0 Å². The highest BCUT2D eigenvalue weighted by molar-refractivity contribution is 5.82. The summed E-state index contributed by atoms with van der Waals surface area (Å²) < 4.78 is 0. The Bertz CT molecular complexity index is 816. The summed E-state index contributed by atoms with van der Waals surface area (Å²) in [6.07, 6.45) is 11.8. The number of ketones is 1. The van der Waals surface area contributed by atoms with Gasteiger partial charge in [0.15, 0.2) is 0 Å². The molecule has 5 aliphatic rings. The van der Waals surface area contributed by atoms with Crippen molar-refractivity contribution in [3.8, 4) is 0 Å². The Morgan fingerprint density at radius 1 is 0.719 bits per heavy atom. The van der Waals surface area contributed by atoms with Crippen LogP contribution >= 0.6 is 0 Å². The second-order valence-corrected chi connectivity index (χ2v) is 15.3. The van der Waals surface area contributed by atoms with Crippen LogP contribution in [0.15, 0.2) is 0 Å². The van der Waals surface area contributed by atoms with E-state index < -0.39 is 0 Å². The van der Waals surface area contributed by atoms with Gasteiger partial charge >= 0.3 is 0 Å². The topological polar surface area (TPSA) is 37.3 Å². The van der Waals surface area contributed by atoms with Crippen molar-refractivity contribution in [3.63, 3.8) is 0 Å². The predicted molar refractivity (Wildman–Crippen MR) is 131 cm³/mol. The summed E-state index contributed by atoms with van der Waals surface area (Å²) in [6, 6.07) is 0. The fraction of sp³-hybridized carbons (Fsp3) is 0.967. The van der Waals surface area contributed by atoms with Crippen LogP contribution in [-0.4, -0.2) is 17.0 Å². The summed E-state index contributed by atoms with van der Waals surface area (Å²) in [6.45, 7) is 19.7. The number of fused-ring (bicyclic) bond motifs is 7. The molecule has 0 unspecified atom stereocenters. The molecule has 5 rings (SSSR count). The first-order valence-corrected chi connectivity index (χ1v) is 13.9. The van der Waals surface area contributed by atoms with Crippen molar-refractivity contribution in [1.82, 2.24) is 0 Å². The van der Waals surface area contributed by atoms with E-state index in [9.17, 15) is 9.90 Å². The summed E-state index contributed by atoms with van der Waals surface area (Å²) >= 11 is 0. The van der Waals surface area contributed by atoms with Crippen molar-refractivity contribution in [2.45, 2.75) is 126 Å². The van der Waals surface area contributed by atoms with Crippen LogP contribution < -0.4 is 0 Å². The monoisotopic (exact) mass is 442 g/mol. The van der Waals surface area contributed by atoms with Crippen LogP contribution in [0.25, 0.3) is 0 Å². The summed E-state index contributed by atoms with van der Waals surface area (Å²) in [5, 5.41) is 11.8. The molecule has 2 heteroatoms. The average molecular weight is 443 g/mol. The molecule has 5 saturated carbocycles. The molecule has 0 aromatic carbocycles. The lowest BCUT2D eigenvalue weighted by Gasteiger charge is -2.75. The minimum Gasteiger partial charge on any atom is -0.392 e. The molecule has 0 aromatic heterocycles. The first-order valence-electron chi connectivity index (χ1n) is 13.9. The van der Waals surface area contributed by atoms with Gasteiger partial charge in [0.2, 0.25) is 0 Å². The summed E-state index contributed by atoms with van der Waals surface area (Å²) in [7, 11) is 0. The second kappa shape index (κ2) is 6.64. The quantitative estimate of drug-likeness (QED) is 0.423. The van der Waals surface area contributed by atoms with Gasteiger partial charge in [0.05, 0.1) is 6.10 Å². The third-order valence-electron chi connectivity index (χ3n) is 13.9. The Hall–Kier alpha value is -0.370. The maximum absolute atomic E-state index is 12.7. The maximum Gasteiger partial charge on any atom is 0.136 e. The summed E-state index contributed by atoms with van der Waals surface area (Å²) in [5.41, 5.74) is 1.30. The first kappa shape index (κ1) is 23.4. The van der Waals surface area contributed by atoms with Crippen molar-refractivity contribution >= 4 is 5.78 Å². The Morgan fingerprint density at radius 3 is 2.03 bits per heavy atom. The van der Waals surface area contributed by atoms with E-state index in [0.29, 0.717) is 29.0 Å². The van der Waals surface area contributed by atoms with Gasteiger partial charge in [-0.25, -0.2) is 0 Å². The molecule has 5 fully saturated rings. The molecule has 2 nitrogen and oxygen atoms in total. The van der Waals surface area contributed by atoms with E-state index in [4.69, 9.17) is 0 Å². The minimum atomic E-state index is -0.198. The minimum absolute atomic E-state index is 0.0243. The van der Waals surface area contributed by atoms with Crippen molar-refractivity contribution in [3.05, 3.63) is 0 Å². The van der Waals surface area contributed by atoms with Gasteiger partial charge < -0.3 is 5.11 Å². The van der Waals surface area contributed by atoms with Crippen LogP contribution in [0.1, 0.15) is 120 Å². The molecule has 0 saturated heterocycles. The van der Waals surface area contributed by atoms with Crippen LogP contribution in [0, 0.1) is 56.2 Å². The van der Waals surface area contributed by atoms with Crippen LogP contribution in [0.3, 0.4) is 0 Å². The van der Waals surface area contributed by atoms with Gasteiger partial charge in [-0.3, -0.25) is 4.79 Å². The third-order valence-corrected chi connectivity index (χ3v) is 13.9. The van der Waals surface area contributed by atoms with Crippen molar-refractivity contribution < 1.29 is 9.90 Å². The van der Waals surface area contributed by atoms with Crippen LogP contribution in [0.5, 0.6) is 0 Å².